The average molecular weight is 863 g/mol. The third-order valence-electron chi connectivity index (χ3n) is 12.7. The van der Waals surface area contributed by atoms with E-state index in [9.17, 15) is 0 Å². The van der Waals surface area contributed by atoms with E-state index in [2.05, 4.69) is 157 Å². The predicted molar refractivity (Wildman–Crippen MR) is 241 cm³/mol. The van der Waals surface area contributed by atoms with E-state index < -0.39 is 20.8 Å². The van der Waals surface area contributed by atoms with Gasteiger partial charge in [0.05, 0.1) is 0 Å². The third-order valence-corrected chi connectivity index (χ3v) is 12.7. The van der Waals surface area contributed by atoms with Crippen LogP contribution in [-0.4, -0.2) is 9.52 Å². The van der Waals surface area contributed by atoms with Gasteiger partial charge in [-0.05, 0) is 102 Å². The van der Waals surface area contributed by atoms with E-state index in [-0.39, 0.29) is 0 Å². The number of benzene rings is 4. The Morgan fingerprint density at radius 3 is 1.67 bits per heavy atom. The summed E-state index contributed by atoms with van der Waals surface area (Å²) in [6.45, 7) is 15.6. The molecule has 55 heavy (non-hydrogen) atoms. The molecule has 4 bridgehead atoms. The van der Waals surface area contributed by atoms with Crippen LogP contribution in [0.5, 0.6) is 0 Å². The molecule has 0 amide bonds. The van der Waals surface area contributed by atoms with Crippen molar-refractivity contribution in [1.29, 1.82) is 0 Å². The molecule has 1 atom stereocenters. The summed E-state index contributed by atoms with van der Waals surface area (Å²) in [5, 5.41) is 5.52. The first kappa shape index (κ1) is 42.4. The molecule has 0 aromatic heterocycles. The molecule has 0 aliphatic heterocycles. The fraction of sp³-hybridized carbons (Fsp3) is 0.412. The van der Waals surface area contributed by atoms with Gasteiger partial charge in [-0.15, -0.1) is 69.1 Å². The molecule has 0 nitrogen and oxygen atoms in total. The van der Waals surface area contributed by atoms with Crippen molar-refractivity contribution in [2.24, 2.45) is 17.8 Å². The quantitative estimate of drug-likeness (QED) is 0.111. The molecule has 286 valence electrons. The number of hydrogen-bond donors (Lipinski definition) is 0. The van der Waals surface area contributed by atoms with Crippen molar-refractivity contribution in [2.75, 3.05) is 0 Å². The molecule has 1 unspecified atom stereocenters. The van der Waals surface area contributed by atoms with Gasteiger partial charge in [0.25, 0.3) is 0 Å². The van der Waals surface area contributed by atoms with Crippen LogP contribution in [0.2, 0.25) is 13.1 Å². The van der Waals surface area contributed by atoms with Crippen molar-refractivity contribution in [1.82, 2.24) is 0 Å². The average Bonchev–Trinajstić information content (AvgIpc) is 3.79. The summed E-state index contributed by atoms with van der Waals surface area (Å²) >= 11 is -0.826. The van der Waals surface area contributed by atoms with E-state index in [1.807, 2.05) is 0 Å². The fourth-order valence-electron chi connectivity index (χ4n) is 10.5. The zero-order chi connectivity index (χ0) is 39.1. The van der Waals surface area contributed by atoms with Gasteiger partial charge >= 0.3 is 37.9 Å². The van der Waals surface area contributed by atoms with E-state index in [0.717, 1.165) is 27.3 Å². The predicted octanol–water partition coefficient (Wildman–Crippen LogP) is 16.4. The van der Waals surface area contributed by atoms with Gasteiger partial charge in [-0.1, -0.05) is 126 Å². The Balaban J connectivity index is 0.000000165. The second kappa shape index (κ2) is 19.5. The van der Waals surface area contributed by atoms with Crippen molar-refractivity contribution in [3.63, 3.8) is 0 Å². The minimum atomic E-state index is -0.826. The Labute approximate surface area is 354 Å². The molecule has 2 radical (unpaired) electrons. The van der Waals surface area contributed by atoms with Crippen LogP contribution in [-0.2, 0) is 26.3 Å². The number of halogens is 2. The first-order valence-electron chi connectivity index (χ1n) is 20.7. The van der Waals surface area contributed by atoms with E-state index in [1.165, 1.54) is 112 Å². The summed E-state index contributed by atoms with van der Waals surface area (Å²) in [7, 11) is 11.0. The standard InChI is InChI=1S/C26H27.C23H27.C2H6Si.2ClH.Zr/c1-17-9-22-3-2-4-24(25(22)10-17)21-5-7-23(8-6-21)26-14-18-11-19(15-26)13-20(12-18)16-26;1-5-7-17(4)21-14-20-8-6-9-22(23(20)15-21)19-12-10-18(11-13-19)16(2)3;1-3-2;;;/h2-10,18-20H,11-16H2,1H3;6,8-17H,5,7H2,1-4H3;1-2H3;2*1H;/q2*-1;;;;+4/p-2. The molecule has 0 N–H and O–H groups in total. The second-order valence-corrected chi connectivity index (χ2v) is 22.0. The topological polar surface area (TPSA) is 0 Å². The van der Waals surface area contributed by atoms with Crippen molar-refractivity contribution in [3.8, 4) is 22.3 Å². The number of aryl methyl sites for hydroxylation is 1. The van der Waals surface area contributed by atoms with Gasteiger partial charge in [0, 0.05) is 9.52 Å². The van der Waals surface area contributed by atoms with Crippen LogP contribution in [0.4, 0.5) is 0 Å². The van der Waals surface area contributed by atoms with Crippen LogP contribution < -0.4 is 0 Å². The minimum absolute atomic E-state index is 0.510. The van der Waals surface area contributed by atoms with Crippen molar-refractivity contribution >= 4 is 48.1 Å². The number of hydrogen-bond acceptors (Lipinski definition) is 0. The second-order valence-electron chi connectivity index (χ2n) is 17.3. The number of rotatable bonds is 7. The Bertz CT molecular complexity index is 2060. The molecule has 6 aromatic carbocycles. The summed E-state index contributed by atoms with van der Waals surface area (Å²) < 4.78 is 0. The van der Waals surface area contributed by atoms with Gasteiger partial charge in [0.1, 0.15) is 0 Å². The molecular formula is C51H60Cl2SiZr. The van der Waals surface area contributed by atoms with Gasteiger partial charge in [0.2, 0.25) is 0 Å². The molecule has 6 aromatic rings. The van der Waals surface area contributed by atoms with Crippen molar-refractivity contribution in [2.45, 2.75) is 116 Å². The van der Waals surface area contributed by atoms with Crippen molar-refractivity contribution in [3.05, 3.63) is 131 Å². The number of fused-ring (bicyclic) bond motifs is 2. The molecule has 4 saturated carbocycles. The third kappa shape index (κ3) is 9.91. The maximum absolute atomic E-state index is 4.93. The summed E-state index contributed by atoms with van der Waals surface area (Å²) in [5.74, 6) is 4.27. The van der Waals surface area contributed by atoms with Gasteiger partial charge in [0.15, 0.2) is 0 Å². The zero-order valence-electron chi connectivity index (χ0n) is 34.2. The molecule has 10 rings (SSSR count). The van der Waals surface area contributed by atoms with Crippen LogP contribution >= 0.6 is 17.0 Å². The fourth-order valence-corrected chi connectivity index (χ4v) is 10.5. The molecular weight excluding hydrogens is 803 g/mol. The van der Waals surface area contributed by atoms with Crippen LogP contribution in [0.1, 0.15) is 113 Å². The van der Waals surface area contributed by atoms with Gasteiger partial charge in [-0.25, -0.2) is 0 Å². The molecule has 4 aliphatic carbocycles. The van der Waals surface area contributed by atoms with Gasteiger partial charge in [-0.3, -0.25) is 0 Å². The van der Waals surface area contributed by atoms with Gasteiger partial charge < -0.3 is 0 Å². The Hall–Kier alpha value is -2.22. The Morgan fingerprint density at radius 2 is 1.18 bits per heavy atom. The maximum atomic E-state index is 4.93. The van der Waals surface area contributed by atoms with E-state index in [1.54, 1.807) is 5.56 Å². The zero-order valence-corrected chi connectivity index (χ0v) is 39.2. The van der Waals surface area contributed by atoms with Crippen LogP contribution in [0, 0.1) is 24.7 Å². The van der Waals surface area contributed by atoms with E-state index in [0.29, 0.717) is 17.3 Å². The van der Waals surface area contributed by atoms with E-state index >= 15 is 0 Å². The molecule has 0 spiro atoms. The molecule has 4 heteroatoms. The van der Waals surface area contributed by atoms with Crippen LogP contribution in [0.25, 0.3) is 43.8 Å². The summed E-state index contributed by atoms with van der Waals surface area (Å²) in [6, 6.07) is 41.6. The van der Waals surface area contributed by atoms with Crippen LogP contribution in [0.15, 0.2) is 109 Å². The molecule has 0 heterocycles. The summed E-state index contributed by atoms with van der Waals surface area (Å²) in [6.07, 6.45) is 11.4. The van der Waals surface area contributed by atoms with Crippen molar-refractivity contribution < 1.29 is 20.8 Å². The first-order valence-corrected chi connectivity index (χ1v) is 29.1. The monoisotopic (exact) mass is 860 g/mol. The van der Waals surface area contributed by atoms with E-state index in [4.69, 9.17) is 17.0 Å². The Kier molecular flexibility index (Phi) is 15.0. The van der Waals surface area contributed by atoms with Gasteiger partial charge in [-0.2, -0.15) is 12.1 Å². The molecule has 0 saturated heterocycles. The normalized spacial score (nSPS) is 21.2. The SMILES string of the molecule is CCCC(C)c1cc2c(-c3ccc(C(C)C)cc3)cccc2[cH-]1.C[Si]C.Cc1cc2c(-c3ccc(C45CC6CC(CC(C6)C4)C5)cc3)cccc2[cH-]1.[Cl][Zr+2][Cl]. The molecule has 4 fully saturated rings. The summed E-state index contributed by atoms with van der Waals surface area (Å²) in [4.78, 5) is 0. The Morgan fingerprint density at radius 1 is 0.709 bits per heavy atom. The molecule has 4 aliphatic rings. The first-order chi connectivity index (χ1) is 26.6. The van der Waals surface area contributed by atoms with Crippen LogP contribution in [0.3, 0.4) is 0 Å². The summed E-state index contributed by atoms with van der Waals surface area (Å²) in [5.41, 5.74) is 11.8.